The van der Waals surface area contributed by atoms with Crippen LogP contribution in [0.3, 0.4) is 0 Å². The quantitative estimate of drug-likeness (QED) is 0.717. The molecule has 0 spiro atoms. The zero-order chi connectivity index (χ0) is 18.8. The average Bonchev–Trinajstić information content (AvgIpc) is 3.24. The number of anilines is 1. The Morgan fingerprint density at radius 1 is 1.30 bits per heavy atom. The molecule has 0 aliphatic carbocycles. The van der Waals surface area contributed by atoms with Crippen LogP contribution < -0.4 is 10.1 Å². The molecular weight excluding hydrogens is 365 g/mol. The maximum atomic E-state index is 13.2. The molecule has 4 rings (SSSR count). The van der Waals surface area contributed by atoms with Crippen LogP contribution in [0.25, 0.3) is 11.3 Å². The van der Waals surface area contributed by atoms with Gasteiger partial charge in [-0.05, 0) is 31.2 Å². The van der Waals surface area contributed by atoms with Crippen molar-refractivity contribution in [2.24, 2.45) is 0 Å². The molecule has 0 radical (unpaired) electrons. The van der Waals surface area contributed by atoms with Crippen LogP contribution in [0.5, 0.6) is 5.75 Å². The first-order valence-electron chi connectivity index (χ1n) is 8.62. The van der Waals surface area contributed by atoms with Crippen LogP contribution in [-0.2, 0) is 11.3 Å². The van der Waals surface area contributed by atoms with Crippen molar-refractivity contribution in [1.29, 1.82) is 0 Å². The lowest BCUT2D eigenvalue weighted by Gasteiger charge is -2.15. The highest BCUT2D eigenvalue weighted by Crippen LogP contribution is 2.30. The molecule has 1 atom stereocenters. The number of imidazole rings is 1. The third kappa shape index (κ3) is 3.98. The number of rotatable bonds is 5. The van der Waals surface area contributed by atoms with Crippen LogP contribution in [0.2, 0.25) is 0 Å². The van der Waals surface area contributed by atoms with Gasteiger partial charge >= 0.3 is 0 Å². The molecule has 0 bridgehead atoms. The van der Waals surface area contributed by atoms with Crippen LogP contribution >= 0.6 is 11.8 Å². The molecule has 1 amide bonds. The van der Waals surface area contributed by atoms with Crippen molar-refractivity contribution in [3.05, 3.63) is 60.5 Å². The Labute approximate surface area is 160 Å². The number of halogens is 1. The number of hydrogen-bond donors (Lipinski definition) is 1. The average molecular weight is 383 g/mol. The minimum Gasteiger partial charge on any atom is -0.481 e. The molecule has 7 heteroatoms. The second-order valence-electron chi connectivity index (χ2n) is 6.24. The fourth-order valence-electron chi connectivity index (χ4n) is 2.85. The summed E-state index contributed by atoms with van der Waals surface area (Å²) < 4.78 is 20.9. The predicted molar refractivity (Wildman–Crippen MR) is 104 cm³/mol. The Hall–Kier alpha value is -2.80. The van der Waals surface area contributed by atoms with Crippen LogP contribution in [0.4, 0.5) is 10.1 Å². The largest absolute Gasteiger partial charge is 0.481 e. The molecule has 27 heavy (non-hydrogen) atoms. The van der Waals surface area contributed by atoms with Gasteiger partial charge in [0.2, 0.25) is 0 Å². The van der Waals surface area contributed by atoms with Crippen LogP contribution in [0.1, 0.15) is 6.92 Å². The lowest BCUT2D eigenvalue weighted by molar-refractivity contribution is -0.122. The molecule has 1 aromatic heterocycles. The van der Waals surface area contributed by atoms with Gasteiger partial charge < -0.3 is 14.6 Å². The van der Waals surface area contributed by atoms with E-state index in [2.05, 4.69) is 14.9 Å². The summed E-state index contributed by atoms with van der Waals surface area (Å²) in [4.78, 5) is 17.0. The summed E-state index contributed by atoms with van der Waals surface area (Å²) in [5, 5.41) is 3.86. The molecule has 0 saturated carbocycles. The number of fused-ring (bicyclic) bond motifs is 1. The number of carbonyl (C=O) groups excluding carboxylic acids is 1. The fraction of sp³-hybridized carbons (Fsp3) is 0.200. The second-order valence-corrected chi connectivity index (χ2v) is 7.30. The highest BCUT2D eigenvalue weighted by molar-refractivity contribution is 7.99. The van der Waals surface area contributed by atoms with Crippen LogP contribution in [0, 0.1) is 5.82 Å². The molecule has 1 unspecified atom stereocenters. The van der Waals surface area contributed by atoms with E-state index in [-0.39, 0.29) is 5.91 Å². The van der Waals surface area contributed by atoms with E-state index in [9.17, 15) is 9.18 Å². The van der Waals surface area contributed by atoms with Gasteiger partial charge in [0.15, 0.2) is 11.3 Å². The molecule has 0 fully saturated rings. The third-order valence-corrected chi connectivity index (χ3v) is 5.18. The van der Waals surface area contributed by atoms with Crippen molar-refractivity contribution in [3.63, 3.8) is 0 Å². The number of nitrogens with one attached hydrogen (secondary N) is 1. The lowest BCUT2D eigenvalue weighted by Crippen LogP contribution is -2.30. The smallest absolute Gasteiger partial charge is 0.265 e. The first-order chi connectivity index (χ1) is 13.1. The molecular formula is C20H18FN3O2S. The number of aryl methyl sites for hydroxylation is 1. The summed E-state index contributed by atoms with van der Waals surface area (Å²) in [6.45, 7) is 2.60. The zero-order valence-electron chi connectivity index (χ0n) is 14.7. The van der Waals surface area contributed by atoms with Crippen molar-refractivity contribution in [1.82, 2.24) is 9.55 Å². The number of hydrogen-bond acceptors (Lipinski definition) is 4. The number of benzene rings is 2. The topological polar surface area (TPSA) is 56.1 Å². The van der Waals surface area contributed by atoms with Gasteiger partial charge in [0.05, 0.1) is 5.69 Å². The Balaban J connectivity index is 1.45. The number of nitrogens with zero attached hydrogens (tertiary/aromatic N) is 2. The summed E-state index contributed by atoms with van der Waals surface area (Å²) >= 11 is 1.74. The zero-order valence-corrected chi connectivity index (χ0v) is 15.5. The van der Waals surface area contributed by atoms with E-state index in [1.54, 1.807) is 30.8 Å². The van der Waals surface area contributed by atoms with Crippen molar-refractivity contribution in [3.8, 4) is 17.0 Å². The Bertz CT molecular complexity index is 967. The number of carbonyl (C=O) groups is 1. The summed E-state index contributed by atoms with van der Waals surface area (Å²) in [7, 11) is 0. The van der Waals surface area contributed by atoms with E-state index < -0.39 is 11.9 Å². The van der Waals surface area contributed by atoms with Crippen molar-refractivity contribution in [2.75, 3.05) is 11.1 Å². The van der Waals surface area contributed by atoms with Gasteiger partial charge in [-0.3, -0.25) is 4.79 Å². The molecule has 1 aliphatic heterocycles. The van der Waals surface area contributed by atoms with Crippen LogP contribution in [0.15, 0.2) is 59.9 Å². The SMILES string of the molecule is CC(Oc1cccc(F)c1)C(=O)Nc1cccc(-c2cn3c(n2)SCC3)c1. The van der Waals surface area contributed by atoms with E-state index in [0.29, 0.717) is 11.4 Å². The lowest BCUT2D eigenvalue weighted by atomic mass is 10.1. The van der Waals surface area contributed by atoms with Gasteiger partial charge in [-0.25, -0.2) is 9.37 Å². The Kier molecular flexibility index (Phi) is 4.85. The molecule has 0 saturated heterocycles. The fourth-order valence-corrected chi connectivity index (χ4v) is 3.79. The van der Waals surface area contributed by atoms with Gasteiger partial charge in [0.1, 0.15) is 11.6 Å². The van der Waals surface area contributed by atoms with Gasteiger partial charge in [0, 0.05) is 35.8 Å². The van der Waals surface area contributed by atoms with Crippen molar-refractivity contribution in [2.45, 2.75) is 24.7 Å². The summed E-state index contributed by atoms with van der Waals surface area (Å²) in [5.74, 6) is 0.663. The van der Waals surface area contributed by atoms with E-state index in [1.807, 2.05) is 30.5 Å². The molecule has 2 heterocycles. The van der Waals surface area contributed by atoms with Crippen molar-refractivity contribution < 1.29 is 13.9 Å². The maximum Gasteiger partial charge on any atom is 0.265 e. The van der Waals surface area contributed by atoms with E-state index in [1.165, 1.54) is 12.1 Å². The van der Waals surface area contributed by atoms with E-state index in [4.69, 9.17) is 4.74 Å². The molecule has 1 N–H and O–H groups in total. The minimum absolute atomic E-state index is 0.306. The molecule has 5 nitrogen and oxygen atoms in total. The van der Waals surface area contributed by atoms with Crippen LogP contribution in [-0.4, -0.2) is 27.3 Å². The van der Waals surface area contributed by atoms with Gasteiger partial charge in [-0.1, -0.05) is 30.0 Å². The molecule has 138 valence electrons. The van der Waals surface area contributed by atoms with Gasteiger partial charge in [0.25, 0.3) is 5.91 Å². The molecule has 2 aromatic carbocycles. The summed E-state index contributed by atoms with van der Waals surface area (Å²) in [6.07, 6.45) is 1.27. The predicted octanol–water partition coefficient (Wildman–Crippen LogP) is 4.20. The molecule has 3 aromatic rings. The highest BCUT2D eigenvalue weighted by Gasteiger charge is 2.17. The first-order valence-corrected chi connectivity index (χ1v) is 9.60. The number of amides is 1. The highest BCUT2D eigenvalue weighted by atomic mass is 32.2. The third-order valence-electron chi connectivity index (χ3n) is 4.21. The van der Waals surface area contributed by atoms with Gasteiger partial charge in [-0.2, -0.15) is 0 Å². The standard InChI is InChI=1S/C20H18FN3O2S/c1-13(26-17-7-3-5-15(21)11-17)19(25)22-16-6-2-4-14(10-16)18-12-24-8-9-27-20(24)23-18/h2-7,10-13H,8-9H2,1H3,(H,22,25). The number of thioether (sulfide) groups is 1. The monoisotopic (exact) mass is 383 g/mol. The normalized spacial score (nSPS) is 13.9. The first kappa shape index (κ1) is 17.6. The molecule has 1 aliphatic rings. The summed E-state index contributed by atoms with van der Waals surface area (Å²) in [5.41, 5.74) is 2.49. The summed E-state index contributed by atoms with van der Waals surface area (Å²) in [6, 6.07) is 13.3. The van der Waals surface area contributed by atoms with E-state index in [0.717, 1.165) is 28.7 Å². The number of ether oxygens (including phenoxy) is 1. The van der Waals surface area contributed by atoms with Crippen molar-refractivity contribution >= 4 is 23.4 Å². The number of aromatic nitrogens is 2. The maximum absolute atomic E-state index is 13.2. The van der Waals surface area contributed by atoms with E-state index >= 15 is 0 Å². The minimum atomic E-state index is -0.761. The van der Waals surface area contributed by atoms with Gasteiger partial charge in [-0.15, -0.1) is 0 Å². The second kappa shape index (κ2) is 7.44. The Morgan fingerprint density at radius 3 is 2.96 bits per heavy atom. The Morgan fingerprint density at radius 2 is 2.15 bits per heavy atom.